The highest BCUT2D eigenvalue weighted by Gasteiger charge is 2.31. The highest BCUT2D eigenvalue weighted by molar-refractivity contribution is 5.77. The number of fused-ring (bicyclic) bond motifs is 1. The van der Waals surface area contributed by atoms with Gasteiger partial charge in [0.05, 0.1) is 12.6 Å². The van der Waals surface area contributed by atoms with E-state index in [0.29, 0.717) is 0 Å². The molecule has 0 spiro atoms. The first kappa shape index (κ1) is 14.5. The monoisotopic (exact) mass is 311 g/mol. The van der Waals surface area contributed by atoms with Crippen LogP contribution in [-0.2, 0) is 6.54 Å². The van der Waals surface area contributed by atoms with Gasteiger partial charge in [-0.25, -0.2) is 0 Å². The van der Waals surface area contributed by atoms with Crippen molar-refractivity contribution in [1.29, 1.82) is 0 Å². The van der Waals surface area contributed by atoms with E-state index in [0.717, 1.165) is 54.4 Å². The van der Waals surface area contributed by atoms with Gasteiger partial charge in [-0.05, 0) is 31.5 Å². The van der Waals surface area contributed by atoms with Gasteiger partial charge in [0.1, 0.15) is 11.3 Å². The summed E-state index contributed by atoms with van der Waals surface area (Å²) < 4.78 is 11.5. The van der Waals surface area contributed by atoms with Gasteiger partial charge in [-0.1, -0.05) is 37.2 Å². The zero-order chi connectivity index (χ0) is 15.8. The van der Waals surface area contributed by atoms with Crippen LogP contribution in [-0.4, -0.2) is 21.6 Å². The summed E-state index contributed by atoms with van der Waals surface area (Å²) in [6.45, 7) is 5.96. The van der Waals surface area contributed by atoms with Crippen LogP contribution in [0.15, 0.2) is 39.3 Å². The van der Waals surface area contributed by atoms with Gasteiger partial charge in [0.15, 0.2) is 5.82 Å². The molecule has 3 heterocycles. The van der Waals surface area contributed by atoms with Gasteiger partial charge in [-0.15, -0.1) is 0 Å². The van der Waals surface area contributed by atoms with E-state index in [9.17, 15) is 0 Å². The molecule has 1 atom stereocenters. The highest BCUT2D eigenvalue weighted by Crippen LogP contribution is 2.33. The second kappa shape index (κ2) is 5.81. The fourth-order valence-electron chi connectivity index (χ4n) is 3.23. The average Bonchev–Trinajstić information content (AvgIpc) is 3.25. The molecule has 1 unspecified atom stereocenters. The maximum Gasteiger partial charge on any atom is 0.244 e. The van der Waals surface area contributed by atoms with E-state index in [1.54, 1.807) is 0 Å². The second-order valence-corrected chi connectivity index (χ2v) is 6.52. The van der Waals surface area contributed by atoms with Crippen LogP contribution in [0.5, 0.6) is 0 Å². The minimum Gasteiger partial charge on any atom is -0.460 e. The fraction of sp³-hybridized carbons (Fsp3) is 0.444. The van der Waals surface area contributed by atoms with Gasteiger partial charge >= 0.3 is 0 Å². The first-order chi connectivity index (χ1) is 11.2. The van der Waals surface area contributed by atoms with Crippen molar-refractivity contribution in [1.82, 2.24) is 15.0 Å². The number of nitrogens with zero attached hydrogens (tertiary/aromatic N) is 3. The summed E-state index contributed by atoms with van der Waals surface area (Å²) in [6.07, 6.45) is 2.20. The Kier molecular flexibility index (Phi) is 3.65. The van der Waals surface area contributed by atoms with Gasteiger partial charge in [-0.3, -0.25) is 4.90 Å². The Balaban J connectivity index is 1.55. The number of furan rings is 1. The third-order valence-corrected chi connectivity index (χ3v) is 4.46. The minimum absolute atomic E-state index is 0.197. The standard InChI is InChI=1S/C18H21N3O2/c1-12(2)17-19-18(23-20-17)15-7-5-9-21(15)11-14-10-13-6-3-4-8-16(13)22-14/h3-4,6,8,10,12,15H,5,7,9,11H2,1-2H3. The van der Waals surface area contributed by atoms with Crippen LogP contribution in [0.1, 0.15) is 56.1 Å². The molecule has 0 bridgehead atoms. The van der Waals surface area contributed by atoms with Crippen molar-refractivity contribution in [3.05, 3.63) is 47.8 Å². The van der Waals surface area contributed by atoms with Crippen molar-refractivity contribution in [3.8, 4) is 0 Å². The molecule has 2 aromatic heterocycles. The fourth-order valence-corrected chi connectivity index (χ4v) is 3.23. The van der Waals surface area contributed by atoms with Crippen LogP contribution in [0.3, 0.4) is 0 Å². The van der Waals surface area contributed by atoms with Crippen LogP contribution < -0.4 is 0 Å². The Hall–Kier alpha value is -2.14. The Morgan fingerprint density at radius 2 is 2.17 bits per heavy atom. The molecule has 1 aromatic carbocycles. The van der Waals surface area contributed by atoms with Crippen molar-refractivity contribution >= 4 is 11.0 Å². The van der Waals surface area contributed by atoms with E-state index in [2.05, 4.69) is 41.0 Å². The summed E-state index contributed by atoms with van der Waals surface area (Å²) in [5.74, 6) is 2.80. The van der Waals surface area contributed by atoms with Gasteiger partial charge in [-0.2, -0.15) is 4.98 Å². The Morgan fingerprint density at radius 1 is 1.30 bits per heavy atom. The number of hydrogen-bond donors (Lipinski definition) is 0. The van der Waals surface area contributed by atoms with E-state index in [4.69, 9.17) is 8.94 Å². The van der Waals surface area contributed by atoms with Gasteiger partial charge in [0, 0.05) is 11.3 Å². The lowest BCUT2D eigenvalue weighted by atomic mass is 10.2. The molecule has 3 aromatic rings. The lowest BCUT2D eigenvalue weighted by Gasteiger charge is -2.19. The molecule has 4 rings (SSSR count). The summed E-state index contributed by atoms with van der Waals surface area (Å²) in [4.78, 5) is 6.95. The summed E-state index contributed by atoms with van der Waals surface area (Å²) in [5.41, 5.74) is 0.943. The highest BCUT2D eigenvalue weighted by atomic mass is 16.5. The van der Waals surface area contributed by atoms with Crippen LogP contribution in [0.25, 0.3) is 11.0 Å². The van der Waals surface area contributed by atoms with Crippen molar-refractivity contribution in [2.75, 3.05) is 6.54 Å². The quantitative estimate of drug-likeness (QED) is 0.720. The molecule has 120 valence electrons. The van der Waals surface area contributed by atoms with Crippen LogP contribution >= 0.6 is 0 Å². The Labute approximate surface area is 135 Å². The van der Waals surface area contributed by atoms with Crippen LogP contribution in [0, 0.1) is 0 Å². The average molecular weight is 311 g/mol. The van der Waals surface area contributed by atoms with Crippen molar-refractivity contribution in [2.45, 2.75) is 45.2 Å². The second-order valence-electron chi connectivity index (χ2n) is 6.52. The van der Waals surface area contributed by atoms with E-state index in [1.807, 2.05) is 18.2 Å². The number of rotatable bonds is 4. The zero-order valence-electron chi connectivity index (χ0n) is 13.5. The van der Waals surface area contributed by atoms with Crippen molar-refractivity contribution in [3.63, 3.8) is 0 Å². The largest absolute Gasteiger partial charge is 0.460 e. The summed E-state index contributed by atoms with van der Waals surface area (Å²) in [6, 6.07) is 10.4. The van der Waals surface area contributed by atoms with Gasteiger partial charge in [0.25, 0.3) is 0 Å². The predicted molar refractivity (Wildman–Crippen MR) is 87.0 cm³/mol. The van der Waals surface area contributed by atoms with Gasteiger partial charge < -0.3 is 8.94 Å². The third-order valence-electron chi connectivity index (χ3n) is 4.46. The van der Waals surface area contributed by atoms with E-state index < -0.39 is 0 Å². The summed E-state index contributed by atoms with van der Waals surface area (Å²) >= 11 is 0. The molecular formula is C18H21N3O2. The van der Waals surface area contributed by atoms with Crippen LogP contribution in [0.2, 0.25) is 0 Å². The molecule has 0 aliphatic carbocycles. The normalized spacial score (nSPS) is 19.2. The number of hydrogen-bond acceptors (Lipinski definition) is 5. The van der Waals surface area contributed by atoms with E-state index in [1.165, 1.54) is 0 Å². The van der Waals surface area contributed by atoms with Crippen molar-refractivity contribution in [2.24, 2.45) is 0 Å². The smallest absolute Gasteiger partial charge is 0.244 e. The molecule has 1 fully saturated rings. The molecule has 0 N–H and O–H groups in total. The Morgan fingerprint density at radius 3 is 2.96 bits per heavy atom. The maximum atomic E-state index is 5.95. The first-order valence-corrected chi connectivity index (χ1v) is 8.25. The molecule has 23 heavy (non-hydrogen) atoms. The number of benzene rings is 1. The van der Waals surface area contributed by atoms with E-state index in [-0.39, 0.29) is 12.0 Å². The zero-order valence-corrected chi connectivity index (χ0v) is 13.5. The predicted octanol–water partition coefficient (Wildman–Crippen LogP) is 4.28. The third kappa shape index (κ3) is 2.77. The lowest BCUT2D eigenvalue weighted by Crippen LogP contribution is -2.22. The number of para-hydroxylation sites is 1. The molecule has 0 amide bonds. The Bertz CT molecular complexity index is 772. The summed E-state index contributed by atoms with van der Waals surface area (Å²) in [7, 11) is 0. The molecule has 5 heteroatoms. The van der Waals surface area contributed by atoms with E-state index >= 15 is 0 Å². The maximum absolute atomic E-state index is 5.95. The minimum atomic E-state index is 0.197. The molecule has 0 saturated carbocycles. The van der Waals surface area contributed by atoms with Gasteiger partial charge in [0.2, 0.25) is 5.89 Å². The molecular weight excluding hydrogens is 290 g/mol. The van der Waals surface area contributed by atoms with Crippen LogP contribution in [0.4, 0.5) is 0 Å². The molecule has 1 aliphatic heterocycles. The number of aromatic nitrogens is 2. The number of likely N-dealkylation sites (tertiary alicyclic amines) is 1. The molecule has 1 saturated heterocycles. The first-order valence-electron chi connectivity index (χ1n) is 8.25. The lowest BCUT2D eigenvalue weighted by molar-refractivity contribution is 0.189. The molecule has 5 nitrogen and oxygen atoms in total. The molecule has 1 aliphatic rings. The SMILES string of the molecule is CC(C)c1noc(C2CCCN2Cc2cc3ccccc3o2)n1. The van der Waals surface area contributed by atoms with Crippen molar-refractivity contribution < 1.29 is 8.94 Å². The topological polar surface area (TPSA) is 55.3 Å². The summed E-state index contributed by atoms with van der Waals surface area (Å²) in [5, 5.41) is 5.25. The molecule has 0 radical (unpaired) electrons.